The van der Waals surface area contributed by atoms with Crippen LogP contribution in [-0.2, 0) is 6.42 Å². The van der Waals surface area contributed by atoms with Crippen molar-refractivity contribution in [3.05, 3.63) is 108 Å². The van der Waals surface area contributed by atoms with Crippen LogP contribution in [0, 0.1) is 0 Å². The van der Waals surface area contributed by atoms with Gasteiger partial charge in [-0.1, -0.05) is 30.3 Å². The number of benzene rings is 4. The summed E-state index contributed by atoms with van der Waals surface area (Å²) in [6.07, 6.45) is 0.183. The summed E-state index contributed by atoms with van der Waals surface area (Å²) in [5, 5.41) is 28.4. The highest BCUT2D eigenvalue weighted by Crippen LogP contribution is 2.24. The van der Waals surface area contributed by atoms with Gasteiger partial charge >= 0.3 is 5.97 Å². The molecule has 0 heterocycles. The summed E-state index contributed by atoms with van der Waals surface area (Å²) < 4.78 is 10.1. The van der Waals surface area contributed by atoms with E-state index in [9.17, 15) is 24.9 Å². The number of ketones is 1. The molecule has 4 rings (SSSR count). The minimum Gasteiger partial charge on any atom is -0.508 e. The molecule has 36 heavy (non-hydrogen) atoms. The average Bonchev–Trinajstić information content (AvgIpc) is 2.85. The van der Waals surface area contributed by atoms with Crippen molar-refractivity contribution >= 4 is 17.4 Å². The van der Waals surface area contributed by atoms with E-state index in [2.05, 4.69) is 0 Å². The van der Waals surface area contributed by atoms with E-state index in [4.69, 9.17) is 15.2 Å². The van der Waals surface area contributed by atoms with Crippen LogP contribution in [0.15, 0.2) is 91.0 Å². The van der Waals surface area contributed by atoms with Gasteiger partial charge in [-0.15, -0.1) is 0 Å². The SMILES string of the molecule is COc1ccc(CC(=O)c2ccc(O)cc2O)cc1.Nc1ccc(C(=O)Oc2ccccc2)c(O)c1. The Kier molecular flexibility index (Phi) is 8.50. The minimum atomic E-state index is -0.617. The molecule has 0 aliphatic carbocycles. The summed E-state index contributed by atoms with van der Waals surface area (Å²) in [5.74, 6) is -0.142. The lowest BCUT2D eigenvalue weighted by Crippen LogP contribution is -2.08. The molecule has 184 valence electrons. The Labute approximate surface area is 207 Å². The van der Waals surface area contributed by atoms with Gasteiger partial charge in [0.1, 0.15) is 34.3 Å². The summed E-state index contributed by atoms with van der Waals surface area (Å²) in [4.78, 5) is 23.8. The van der Waals surface area contributed by atoms with Gasteiger partial charge in [0, 0.05) is 24.2 Å². The Morgan fingerprint density at radius 3 is 2.00 bits per heavy atom. The number of nitrogens with two attached hydrogens (primary N) is 1. The maximum absolute atomic E-state index is 12.0. The molecule has 5 N–H and O–H groups in total. The predicted molar refractivity (Wildman–Crippen MR) is 135 cm³/mol. The van der Waals surface area contributed by atoms with Crippen LogP contribution in [-0.4, -0.2) is 34.2 Å². The Bertz CT molecular complexity index is 1340. The maximum Gasteiger partial charge on any atom is 0.347 e. The van der Waals surface area contributed by atoms with Crippen molar-refractivity contribution in [3.63, 3.8) is 0 Å². The van der Waals surface area contributed by atoms with Crippen LogP contribution in [0.4, 0.5) is 5.69 Å². The number of methoxy groups -OCH3 is 1. The molecular weight excluding hydrogens is 462 g/mol. The number of nitrogen functional groups attached to an aromatic ring is 1. The summed E-state index contributed by atoms with van der Waals surface area (Å²) in [5.41, 5.74) is 6.98. The van der Waals surface area contributed by atoms with Crippen molar-refractivity contribution in [3.8, 4) is 28.7 Å². The second-order valence-electron chi connectivity index (χ2n) is 7.63. The lowest BCUT2D eigenvalue weighted by Gasteiger charge is -2.06. The van der Waals surface area contributed by atoms with Crippen molar-refractivity contribution < 1.29 is 34.4 Å². The Balaban J connectivity index is 0.000000202. The van der Waals surface area contributed by atoms with Crippen LogP contribution in [0.5, 0.6) is 28.7 Å². The molecule has 0 aliphatic heterocycles. The maximum atomic E-state index is 12.0. The fourth-order valence-corrected chi connectivity index (χ4v) is 3.15. The topological polar surface area (TPSA) is 139 Å². The molecule has 0 bridgehead atoms. The first-order valence-corrected chi connectivity index (χ1v) is 10.8. The lowest BCUT2D eigenvalue weighted by molar-refractivity contribution is 0.0731. The van der Waals surface area contributed by atoms with E-state index >= 15 is 0 Å². The van der Waals surface area contributed by atoms with Gasteiger partial charge in [-0.3, -0.25) is 4.79 Å². The standard InChI is InChI=1S/C15H14O4.C13H11NO3/c1-19-12-5-2-10(3-6-12)8-14(17)13-7-4-11(16)9-15(13)18;14-9-6-7-11(12(15)8-9)13(16)17-10-4-2-1-3-5-10/h2-7,9,16,18H,8H2,1H3;1-8,15H,14H2. The van der Waals surface area contributed by atoms with Crippen molar-refractivity contribution in [1.29, 1.82) is 0 Å². The van der Waals surface area contributed by atoms with Crippen LogP contribution in [0.2, 0.25) is 0 Å². The molecule has 0 aliphatic rings. The highest BCUT2D eigenvalue weighted by atomic mass is 16.5. The summed E-state index contributed by atoms with van der Waals surface area (Å²) in [6.45, 7) is 0. The van der Waals surface area contributed by atoms with E-state index in [1.807, 2.05) is 6.07 Å². The van der Waals surface area contributed by atoms with E-state index in [1.54, 1.807) is 55.6 Å². The number of phenols is 3. The molecule has 0 saturated carbocycles. The lowest BCUT2D eigenvalue weighted by atomic mass is 10.0. The number of ether oxygens (including phenoxy) is 2. The zero-order valence-electron chi connectivity index (χ0n) is 19.4. The molecule has 0 atom stereocenters. The van der Waals surface area contributed by atoms with E-state index in [0.29, 0.717) is 11.4 Å². The molecule has 0 aromatic heterocycles. The second-order valence-corrected chi connectivity index (χ2v) is 7.63. The van der Waals surface area contributed by atoms with Gasteiger partial charge in [-0.05, 0) is 54.1 Å². The van der Waals surface area contributed by atoms with Crippen molar-refractivity contribution in [2.75, 3.05) is 12.8 Å². The highest BCUT2D eigenvalue weighted by molar-refractivity contribution is 6.00. The van der Waals surface area contributed by atoms with Gasteiger partial charge in [0.05, 0.1) is 12.7 Å². The Morgan fingerprint density at radius 2 is 1.39 bits per heavy atom. The van der Waals surface area contributed by atoms with Crippen LogP contribution in [0.25, 0.3) is 0 Å². The van der Waals surface area contributed by atoms with Crippen LogP contribution in [0.1, 0.15) is 26.3 Å². The molecule has 4 aromatic rings. The second kappa shape index (κ2) is 11.9. The number of aromatic hydroxyl groups is 3. The molecule has 0 radical (unpaired) electrons. The number of anilines is 1. The van der Waals surface area contributed by atoms with Gasteiger partial charge in [0.25, 0.3) is 0 Å². The van der Waals surface area contributed by atoms with Gasteiger partial charge in [-0.2, -0.15) is 0 Å². The van der Waals surface area contributed by atoms with Crippen molar-refractivity contribution in [2.24, 2.45) is 0 Å². The molecule has 0 spiro atoms. The quantitative estimate of drug-likeness (QED) is 0.133. The van der Waals surface area contributed by atoms with Crippen molar-refractivity contribution in [2.45, 2.75) is 6.42 Å². The fourth-order valence-electron chi connectivity index (χ4n) is 3.15. The zero-order chi connectivity index (χ0) is 26.1. The van der Waals surface area contributed by atoms with E-state index < -0.39 is 5.97 Å². The fraction of sp³-hybridized carbons (Fsp3) is 0.0714. The van der Waals surface area contributed by atoms with Gasteiger partial charge in [0.2, 0.25) is 0 Å². The number of rotatable bonds is 6. The first-order chi connectivity index (χ1) is 17.3. The van der Waals surface area contributed by atoms with E-state index in [1.165, 1.54) is 30.3 Å². The first kappa shape index (κ1) is 25.6. The number of hydrogen-bond donors (Lipinski definition) is 4. The molecule has 4 aromatic carbocycles. The normalized spacial score (nSPS) is 10.0. The molecule has 8 heteroatoms. The number of hydrogen-bond acceptors (Lipinski definition) is 8. The number of carbonyl (C=O) groups excluding carboxylic acids is 2. The molecule has 8 nitrogen and oxygen atoms in total. The first-order valence-electron chi connectivity index (χ1n) is 10.8. The molecule has 0 unspecified atom stereocenters. The third-order valence-electron chi connectivity index (χ3n) is 5.00. The molecule has 0 fully saturated rings. The van der Waals surface area contributed by atoms with E-state index in [-0.39, 0.29) is 40.6 Å². The number of Topliss-reactive ketones (excluding diaryl/α,β-unsaturated/α-hetero) is 1. The van der Waals surface area contributed by atoms with Crippen LogP contribution < -0.4 is 15.2 Å². The van der Waals surface area contributed by atoms with Crippen LogP contribution >= 0.6 is 0 Å². The smallest absolute Gasteiger partial charge is 0.347 e. The molecule has 0 saturated heterocycles. The molecule has 0 amide bonds. The number of para-hydroxylation sites is 1. The van der Waals surface area contributed by atoms with Gasteiger partial charge in [-0.25, -0.2) is 4.79 Å². The number of carbonyl (C=O) groups is 2. The summed E-state index contributed by atoms with van der Waals surface area (Å²) in [7, 11) is 1.58. The Morgan fingerprint density at radius 1 is 0.750 bits per heavy atom. The minimum absolute atomic E-state index is 0.0708. The Hall–Kier alpha value is -4.98. The summed E-state index contributed by atoms with van der Waals surface area (Å²) in [6, 6.07) is 24.0. The van der Waals surface area contributed by atoms with Gasteiger partial charge in [0.15, 0.2) is 5.78 Å². The summed E-state index contributed by atoms with van der Waals surface area (Å²) >= 11 is 0. The third-order valence-corrected chi connectivity index (χ3v) is 5.00. The van der Waals surface area contributed by atoms with E-state index in [0.717, 1.165) is 17.4 Å². The monoisotopic (exact) mass is 487 g/mol. The van der Waals surface area contributed by atoms with Crippen molar-refractivity contribution in [1.82, 2.24) is 0 Å². The number of phenolic OH excluding ortho intramolecular Hbond substituents is 3. The van der Waals surface area contributed by atoms with Gasteiger partial charge < -0.3 is 30.5 Å². The predicted octanol–water partition coefficient (Wildman–Crippen LogP) is 4.73. The molecular formula is C28H25NO7. The largest absolute Gasteiger partial charge is 0.508 e. The number of esters is 1. The zero-order valence-corrected chi connectivity index (χ0v) is 19.4. The van der Waals surface area contributed by atoms with Crippen LogP contribution in [0.3, 0.4) is 0 Å². The third kappa shape index (κ3) is 7.01. The average molecular weight is 488 g/mol. The highest BCUT2D eigenvalue weighted by Gasteiger charge is 2.14.